The quantitative estimate of drug-likeness (QED) is 0.609. The lowest BCUT2D eigenvalue weighted by Crippen LogP contribution is -2.53. The average molecular weight is 413 g/mol. The second-order valence-corrected chi connectivity index (χ2v) is 8.64. The zero-order chi connectivity index (χ0) is 20.4. The molecule has 2 heterocycles. The number of carbonyl (C=O) groups excluding carboxylic acids is 1. The number of nitrogens with one attached hydrogen (secondary N) is 2. The minimum Gasteiger partial charge on any atom is -0.390 e. The largest absolute Gasteiger partial charge is 0.390 e. The summed E-state index contributed by atoms with van der Waals surface area (Å²) in [5, 5.41) is 27.4. The van der Waals surface area contributed by atoms with E-state index in [0.717, 1.165) is 16.8 Å². The first-order chi connectivity index (χ1) is 14.0. The maximum absolute atomic E-state index is 12.9. The van der Waals surface area contributed by atoms with Crippen LogP contribution in [0, 0.1) is 12.8 Å². The molecule has 1 fully saturated rings. The van der Waals surface area contributed by atoms with E-state index in [1.54, 1.807) is 12.4 Å². The van der Waals surface area contributed by atoms with E-state index in [4.69, 9.17) is 0 Å². The third kappa shape index (κ3) is 4.44. The molecule has 0 spiro atoms. The van der Waals surface area contributed by atoms with Crippen LogP contribution in [0.5, 0.6) is 0 Å². The van der Waals surface area contributed by atoms with Crippen molar-refractivity contribution >= 4 is 28.5 Å². The number of carbonyl (C=O) groups is 1. The van der Waals surface area contributed by atoms with E-state index in [1.807, 2.05) is 43.3 Å². The zero-order valence-corrected chi connectivity index (χ0v) is 16.8. The molecule has 1 aromatic carbocycles. The van der Waals surface area contributed by atoms with Gasteiger partial charge in [-0.2, -0.15) is 0 Å². The van der Waals surface area contributed by atoms with Gasteiger partial charge in [0.2, 0.25) is 5.91 Å². The van der Waals surface area contributed by atoms with E-state index in [0.29, 0.717) is 11.7 Å². The Morgan fingerprint density at radius 2 is 2.03 bits per heavy atom. The molecular formula is C21H24N4O3S. The highest BCUT2D eigenvalue weighted by Crippen LogP contribution is 2.41. The van der Waals surface area contributed by atoms with Crippen LogP contribution in [0.1, 0.15) is 17.5 Å². The van der Waals surface area contributed by atoms with Crippen LogP contribution in [-0.4, -0.2) is 49.8 Å². The topological polar surface area (TPSA) is 107 Å². The minimum absolute atomic E-state index is 0.144. The average Bonchev–Trinajstić information content (AvgIpc) is 3.15. The maximum Gasteiger partial charge on any atom is 0.224 e. The lowest BCUT2D eigenvalue weighted by Gasteiger charge is -2.37. The predicted molar refractivity (Wildman–Crippen MR) is 114 cm³/mol. The monoisotopic (exact) mass is 412 g/mol. The van der Waals surface area contributed by atoms with Gasteiger partial charge in [-0.15, -0.1) is 0 Å². The third-order valence-electron chi connectivity index (χ3n) is 5.32. The summed E-state index contributed by atoms with van der Waals surface area (Å²) in [7, 11) is 0. The molecule has 0 unspecified atom stereocenters. The summed E-state index contributed by atoms with van der Waals surface area (Å²) in [5.41, 5.74) is 2.97. The molecule has 152 valence electrons. The molecule has 5 atom stereocenters. The fourth-order valence-electron chi connectivity index (χ4n) is 3.69. The summed E-state index contributed by atoms with van der Waals surface area (Å²) in [6.07, 6.45) is 1.64. The first-order valence-electron chi connectivity index (χ1n) is 9.62. The molecule has 1 aromatic heterocycles. The molecule has 7 nitrogen and oxygen atoms in total. The first kappa shape index (κ1) is 19.9. The molecule has 8 heteroatoms. The van der Waals surface area contributed by atoms with E-state index in [1.165, 1.54) is 11.8 Å². The Labute approximate surface area is 173 Å². The Bertz CT molecular complexity index is 891. The fourth-order valence-corrected chi connectivity index (χ4v) is 5.07. The van der Waals surface area contributed by atoms with E-state index >= 15 is 0 Å². The molecule has 1 amide bonds. The number of hydrogen-bond acceptors (Lipinski definition) is 7. The normalized spacial score (nSPS) is 28.4. The lowest BCUT2D eigenvalue weighted by atomic mass is 9.81. The van der Waals surface area contributed by atoms with Crippen LogP contribution in [0.25, 0.3) is 0 Å². The summed E-state index contributed by atoms with van der Waals surface area (Å²) in [4.78, 5) is 21.5. The van der Waals surface area contributed by atoms with E-state index < -0.39 is 24.2 Å². The van der Waals surface area contributed by atoms with E-state index in [9.17, 15) is 15.0 Å². The summed E-state index contributed by atoms with van der Waals surface area (Å²) in [6.45, 7) is 2.39. The molecule has 1 saturated carbocycles. The predicted octanol–water partition coefficient (Wildman–Crippen LogP) is 1.70. The van der Waals surface area contributed by atoms with Crippen LogP contribution < -0.4 is 10.6 Å². The summed E-state index contributed by atoms with van der Waals surface area (Å²) < 4.78 is 0. The number of hydrogen-bond donors (Lipinski definition) is 4. The third-order valence-corrected chi connectivity index (χ3v) is 6.63. The Morgan fingerprint density at radius 3 is 2.76 bits per heavy atom. The van der Waals surface area contributed by atoms with Gasteiger partial charge in [-0.05, 0) is 37.1 Å². The summed E-state index contributed by atoms with van der Waals surface area (Å²) >= 11 is 1.45. The van der Waals surface area contributed by atoms with Crippen LogP contribution >= 0.6 is 11.8 Å². The van der Waals surface area contributed by atoms with Gasteiger partial charge in [-0.1, -0.05) is 35.5 Å². The number of amides is 1. The van der Waals surface area contributed by atoms with E-state index in [-0.39, 0.29) is 17.6 Å². The zero-order valence-electron chi connectivity index (χ0n) is 16.0. The highest BCUT2D eigenvalue weighted by Gasteiger charge is 2.50. The minimum atomic E-state index is -0.979. The van der Waals surface area contributed by atoms with Crippen LogP contribution in [-0.2, 0) is 11.3 Å². The van der Waals surface area contributed by atoms with Gasteiger partial charge in [-0.3, -0.25) is 14.8 Å². The summed E-state index contributed by atoms with van der Waals surface area (Å²) in [5.74, 6) is -0.588. The van der Waals surface area contributed by atoms with Crippen molar-refractivity contribution in [3.8, 4) is 0 Å². The number of rotatable bonds is 4. The van der Waals surface area contributed by atoms with Gasteiger partial charge in [0.05, 0.1) is 18.1 Å². The number of amidine groups is 1. The van der Waals surface area contributed by atoms with Gasteiger partial charge in [0.15, 0.2) is 5.17 Å². The van der Waals surface area contributed by atoms with Crippen molar-refractivity contribution < 1.29 is 15.0 Å². The number of fused-ring (bicyclic) bond motifs is 1. The molecular weight excluding hydrogens is 388 g/mol. The molecule has 2 aliphatic rings. The van der Waals surface area contributed by atoms with Crippen LogP contribution in [0.15, 0.2) is 53.8 Å². The number of thioether (sulfide) groups is 1. The van der Waals surface area contributed by atoms with E-state index in [2.05, 4.69) is 20.6 Å². The standard InChI is InChI=1S/C21H24N4O3S/c1-12-4-6-14(7-5-12)24-21-25-17-18(27)16(26)9-15(19(17)29-21)20(28)23-11-13-3-2-8-22-10-13/h2-8,10,15-19,26-27H,9,11H2,1H3,(H,23,28)(H,24,25)/t15-,16+,17+,18-,19+/m0/s1. The fraction of sp³-hybridized carbons (Fsp3) is 0.381. The number of aliphatic imine (C=N–C) groups is 1. The van der Waals surface area contributed by atoms with Crippen molar-refractivity contribution in [1.29, 1.82) is 0 Å². The smallest absolute Gasteiger partial charge is 0.224 e. The molecule has 4 N–H and O–H groups in total. The van der Waals surface area contributed by atoms with Gasteiger partial charge in [0.1, 0.15) is 6.10 Å². The second kappa shape index (κ2) is 8.52. The van der Waals surface area contributed by atoms with Gasteiger partial charge < -0.3 is 20.8 Å². The van der Waals surface area contributed by atoms with Crippen LogP contribution in [0.2, 0.25) is 0 Å². The molecule has 0 bridgehead atoms. The van der Waals surface area contributed by atoms with Gasteiger partial charge in [0, 0.05) is 29.9 Å². The number of anilines is 1. The number of nitrogens with zero attached hydrogens (tertiary/aromatic N) is 2. The second-order valence-electron chi connectivity index (χ2n) is 7.48. The molecule has 29 heavy (non-hydrogen) atoms. The highest BCUT2D eigenvalue weighted by molar-refractivity contribution is 8.15. The Balaban J connectivity index is 1.45. The Hall–Kier alpha value is -2.42. The molecule has 4 rings (SSSR count). The van der Waals surface area contributed by atoms with Crippen molar-refractivity contribution in [2.24, 2.45) is 10.9 Å². The van der Waals surface area contributed by atoms with Crippen molar-refractivity contribution in [2.75, 3.05) is 5.32 Å². The van der Waals surface area contributed by atoms with Gasteiger partial charge in [0.25, 0.3) is 0 Å². The van der Waals surface area contributed by atoms with Crippen molar-refractivity contribution in [3.63, 3.8) is 0 Å². The van der Waals surface area contributed by atoms with Crippen molar-refractivity contribution in [1.82, 2.24) is 10.3 Å². The SMILES string of the molecule is Cc1ccc(NC2=N[C@@H]3[C@@H](O)[C@H](O)C[C@H](C(=O)NCc4cccnc4)[C@H]3S2)cc1. The number of aromatic nitrogens is 1. The Morgan fingerprint density at radius 1 is 1.24 bits per heavy atom. The van der Waals surface area contributed by atoms with Crippen molar-refractivity contribution in [3.05, 3.63) is 59.9 Å². The summed E-state index contributed by atoms with van der Waals surface area (Å²) in [6, 6.07) is 11.1. The maximum atomic E-state index is 12.9. The van der Waals surface area contributed by atoms with Crippen LogP contribution in [0.4, 0.5) is 5.69 Å². The number of aliphatic hydroxyl groups is 2. The molecule has 1 aliphatic carbocycles. The number of aliphatic hydroxyl groups excluding tert-OH is 2. The lowest BCUT2D eigenvalue weighted by molar-refractivity contribution is -0.129. The van der Waals surface area contributed by atoms with Gasteiger partial charge in [-0.25, -0.2) is 0 Å². The molecule has 0 radical (unpaired) electrons. The molecule has 1 aliphatic heterocycles. The van der Waals surface area contributed by atoms with Gasteiger partial charge >= 0.3 is 0 Å². The number of aryl methyl sites for hydroxylation is 1. The Kier molecular flexibility index (Phi) is 5.84. The number of pyridine rings is 1. The highest BCUT2D eigenvalue weighted by atomic mass is 32.2. The molecule has 0 saturated heterocycles. The first-order valence-corrected chi connectivity index (χ1v) is 10.5. The molecule has 2 aromatic rings. The van der Waals surface area contributed by atoms with Crippen molar-refractivity contribution in [2.45, 2.75) is 43.4 Å². The number of benzene rings is 1. The van der Waals surface area contributed by atoms with Crippen LogP contribution in [0.3, 0.4) is 0 Å².